The molecule has 0 amide bonds. The van der Waals surface area contributed by atoms with Gasteiger partial charge in [0.15, 0.2) is 11.5 Å². The van der Waals surface area contributed by atoms with Crippen LogP contribution in [0.4, 0.5) is 5.82 Å². The highest BCUT2D eigenvalue weighted by Gasteiger charge is 2.06. The van der Waals surface area contributed by atoms with Crippen LogP contribution in [0.15, 0.2) is 12.1 Å². The first-order valence-electron chi connectivity index (χ1n) is 5.99. The Morgan fingerprint density at radius 2 is 2.05 bits per heavy atom. The molecule has 1 N–H and O–H groups in total. The molecule has 0 saturated carbocycles. The second-order valence-electron chi connectivity index (χ2n) is 4.33. The number of rotatable bonds is 3. The van der Waals surface area contributed by atoms with Gasteiger partial charge in [0.05, 0.1) is 17.2 Å². The molecule has 0 unspecified atom stereocenters. The molecule has 0 saturated heterocycles. The van der Waals surface area contributed by atoms with E-state index in [1.54, 1.807) is 15.9 Å². The van der Waals surface area contributed by atoms with Gasteiger partial charge in [-0.05, 0) is 32.9 Å². The van der Waals surface area contributed by atoms with Crippen molar-refractivity contribution < 1.29 is 0 Å². The highest BCUT2D eigenvalue weighted by molar-refractivity contribution is 7.11. The smallest absolute Gasteiger partial charge is 0.178 e. The van der Waals surface area contributed by atoms with Crippen LogP contribution >= 0.6 is 11.3 Å². The van der Waals surface area contributed by atoms with Crippen LogP contribution in [-0.2, 0) is 6.54 Å². The molecule has 6 nitrogen and oxygen atoms in total. The summed E-state index contributed by atoms with van der Waals surface area (Å²) < 4.78 is 1.72. The molecule has 3 aromatic rings. The van der Waals surface area contributed by atoms with Gasteiger partial charge in [0.25, 0.3) is 0 Å². The predicted molar refractivity (Wildman–Crippen MR) is 74.4 cm³/mol. The predicted octanol–water partition coefficient (Wildman–Crippen LogP) is 2.12. The zero-order valence-corrected chi connectivity index (χ0v) is 11.8. The lowest BCUT2D eigenvalue weighted by Crippen LogP contribution is -2.05. The van der Waals surface area contributed by atoms with Gasteiger partial charge in [-0.1, -0.05) is 0 Å². The molecule has 0 aromatic carbocycles. The first kappa shape index (κ1) is 12.0. The van der Waals surface area contributed by atoms with Gasteiger partial charge in [-0.3, -0.25) is 0 Å². The molecule has 0 fully saturated rings. The van der Waals surface area contributed by atoms with Gasteiger partial charge in [-0.15, -0.1) is 26.6 Å². The average molecular weight is 274 g/mol. The molecule has 7 heteroatoms. The third-order valence-corrected chi connectivity index (χ3v) is 3.78. The van der Waals surface area contributed by atoms with Gasteiger partial charge in [-0.25, -0.2) is 4.98 Å². The lowest BCUT2D eigenvalue weighted by molar-refractivity contribution is 0.868. The number of hydrogen-bond acceptors (Lipinski definition) is 6. The minimum absolute atomic E-state index is 0.676. The molecule has 3 rings (SSSR count). The molecule has 0 bridgehead atoms. The maximum atomic E-state index is 4.49. The fourth-order valence-electron chi connectivity index (χ4n) is 1.90. The van der Waals surface area contributed by atoms with E-state index in [0.717, 1.165) is 28.0 Å². The SMILES string of the molecule is Cc1nc(CNc2ccc3nnc(C)n3n2)c(C)s1. The van der Waals surface area contributed by atoms with Gasteiger partial charge in [0.2, 0.25) is 0 Å². The van der Waals surface area contributed by atoms with E-state index in [4.69, 9.17) is 0 Å². The van der Waals surface area contributed by atoms with Gasteiger partial charge >= 0.3 is 0 Å². The molecule has 3 heterocycles. The van der Waals surface area contributed by atoms with Gasteiger partial charge < -0.3 is 5.32 Å². The summed E-state index contributed by atoms with van der Waals surface area (Å²) in [5, 5.41) is 16.8. The fourth-order valence-corrected chi connectivity index (χ4v) is 2.74. The number of aromatic nitrogens is 5. The number of hydrogen-bond donors (Lipinski definition) is 1. The van der Waals surface area contributed by atoms with E-state index in [1.807, 2.05) is 26.0 Å². The van der Waals surface area contributed by atoms with Crippen molar-refractivity contribution in [1.82, 2.24) is 24.8 Å². The molecule has 0 spiro atoms. The summed E-state index contributed by atoms with van der Waals surface area (Å²) in [5.74, 6) is 1.57. The summed E-state index contributed by atoms with van der Waals surface area (Å²) in [6.45, 7) is 6.66. The molecule has 0 aliphatic rings. The Morgan fingerprint density at radius 1 is 1.21 bits per heavy atom. The number of nitrogens with zero attached hydrogens (tertiary/aromatic N) is 5. The van der Waals surface area contributed by atoms with Crippen molar-refractivity contribution >= 4 is 22.8 Å². The largest absolute Gasteiger partial charge is 0.363 e. The minimum Gasteiger partial charge on any atom is -0.363 e. The van der Waals surface area contributed by atoms with E-state index in [-0.39, 0.29) is 0 Å². The van der Waals surface area contributed by atoms with E-state index in [0.29, 0.717) is 6.54 Å². The molecular weight excluding hydrogens is 260 g/mol. The van der Waals surface area contributed by atoms with Crippen LogP contribution < -0.4 is 5.32 Å². The summed E-state index contributed by atoms with van der Waals surface area (Å²) >= 11 is 1.71. The number of thiazole rings is 1. The van der Waals surface area contributed by atoms with Crippen molar-refractivity contribution in [3.05, 3.63) is 33.5 Å². The number of aryl methyl sites for hydroxylation is 3. The van der Waals surface area contributed by atoms with Crippen molar-refractivity contribution in [2.75, 3.05) is 5.32 Å². The Labute approximate surface area is 114 Å². The Balaban J connectivity index is 1.81. The van der Waals surface area contributed by atoms with E-state index in [1.165, 1.54) is 4.88 Å². The highest BCUT2D eigenvalue weighted by Crippen LogP contribution is 2.17. The molecular formula is C12H14N6S. The normalized spacial score (nSPS) is 11.1. The van der Waals surface area contributed by atoms with Crippen LogP contribution in [-0.4, -0.2) is 24.8 Å². The maximum absolute atomic E-state index is 4.49. The van der Waals surface area contributed by atoms with Crippen molar-refractivity contribution in [2.24, 2.45) is 0 Å². The highest BCUT2D eigenvalue weighted by atomic mass is 32.1. The van der Waals surface area contributed by atoms with E-state index in [2.05, 4.69) is 32.5 Å². The second kappa shape index (κ2) is 4.58. The van der Waals surface area contributed by atoms with Crippen LogP contribution in [0, 0.1) is 20.8 Å². The topological polar surface area (TPSA) is 68.0 Å². The van der Waals surface area contributed by atoms with Crippen molar-refractivity contribution in [3.8, 4) is 0 Å². The summed E-state index contributed by atoms with van der Waals surface area (Å²) in [5.41, 5.74) is 1.83. The van der Waals surface area contributed by atoms with Crippen LogP contribution in [0.5, 0.6) is 0 Å². The molecule has 0 radical (unpaired) electrons. The maximum Gasteiger partial charge on any atom is 0.178 e. The van der Waals surface area contributed by atoms with Crippen LogP contribution in [0.3, 0.4) is 0 Å². The van der Waals surface area contributed by atoms with Crippen molar-refractivity contribution in [2.45, 2.75) is 27.3 Å². The first-order valence-corrected chi connectivity index (χ1v) is 6.81. The summed E-state index contributed by atoms with van der Waals surface area (Å²) in [6, 6.07) is 3.80. The Hall–Kier alpha value is -2.02. The standard InChI is InChI=1S/C12H14N6S/c1-7-10(14-9(3)19-7)6-13-11-4-5-12-16-15-8(2)18(12)17-11/h4-5H,6H2,1-3H3,(H,13,17). The second-order valence-corrected chi connectivity index (χ2v) is 5.73. The third-order valence-electron chi connectivity index (χ3n) is 2.86. The Kier molecular flexibility index (Phi) is 2.90. The summed E-state index contributed by atoms with van der Waals surface area (Å²) in [7, 11) is 0. The number of anilines is 1. The van der Waals surface area contributed by atoms with E-state index >= 15 is 0 Å². The molecule has 3 aromatic heterocycles. The molecule has 19 heavy (non-hydrogen) atoms. The lowest BCUT2D eigenvalue weighted by Gasteiger charge is -2.04. The van der Waals surface area contributed by atoms with E-state index in [9.17, 15) is 0 Å². The number of fused-ring (bicyclic) bond motifs is 1. The molecule has 0 aliphatic heterocycles. The molecule has 98 valence electrons. The van der Waals surface area contributed by atoms with Crippen LogP contribution in [0.1, 0.15) is 21.4 Å². The van der Waals surface area contributed by atoms with Crippen molar-refractivity contribution in [3.63, 3.8) is 0 Å². The zero-order valence-electron chi connectivity index (χ0n) is 11.0. The van der Waals surface area contributed by atoms with Gasteiger partial charge in [0, 0.05) is 4.88 Å². The van der Waals surface area contributed by atoms with Gasteiger partial charge in [0.1, 0.15) is 5.82 Å². The van der Waals surface area contributed by atoms with E-state index < -0.39 is 0 Å². The van der Waals surface area contributed by atoms with Crippen molar-refractivity contribution in [1.29, 1.82) is 0 Å². The third kappa shape index (κ3) is 2.28. The Morgan fingerprint density at radius 3 is 2.79 bits per heavy atom. The lowest BCUT2D eigenvalue weighted by atomic mass is 10.4. The average Bonchev–Trinajstić information content (AvgIpc) is 2.90. The quantitative estimate of drug-likeness (QED) is 0.792. The van der Waals surface area contributed by atoms with Crippen LogP contribution in [0.2, 0.25) is 0 Å². The summed E-state index contributed by atoms with van der Waals surface area (Å²) in [6.07, 6.45) is 0. The fraction of sp³-hybridized carbons (Fsp3) is 0.333. The monoisotopic (exact) mass is 274 g/mol. The molecule has 0 aliphatic carbocycles. The first-order chi connectivity index (χ1) is 9.13. The molecule has 0 atom stereocenters. The van der Waals surface area contributed by atoms with Crippen LogP contribution in [0.25, 0.3) is 5.65 Å². The summed E-state index contributed by atoms with van der Waals surface area (Å²) in [4.78, 5) is 5.73. The Bertz CT molecular complexity index is 729. The minimum atomic E-state index is 0.676. The number of nitrogens with one attached hydrogen (secondary N) is 1. The van der Waals surface area contributed by atoms with Gasteiger partial charge in [-0.2, -0.15) is 4.52 Å². The zero-order chi connectivity index (χ0) is 13.4.